The minimum absolute atomic E-state index is 0.0261. The van der Waals surface area contributed by atoms with E-state index in [0.29, 0.717) is 35.4 Å². The lowest BCUT2D eigenvalue weighted by Gasteiger charge is -2.34. The van der Waals surface area contributed by atoms with Gasteiger partial charge in [0.1, 0.15) is 27.9 Å². The molecule has 3 aromatic rings. The predicted molar refractivity (Wildman–Crippen MR) is 120 cm³/mol. The van der Waals surface area contributed by atoms with Crippen molar-refractivity contribution in [1.29, 1.82) is 0 Å². The van der Waals surface area contributed by atoms with Crippen LogP contribution in [0.15, 0.2) is 30.5 Å². The number of alkyl halides is 3. The molecule has 34 heavy (non-hydrogen) atoms. The van der Waals surface area contributed by atoms with Crippen molar-refractivity contribution in [3.05, 3.63) is 36.0 Å². The third kappa shape index (κ3) is 4.17. The van der Waals surface area contributed by atoms with Crippen molar-refractivity contribution < 1.29 is 26.7 Å². The number of halogens is 3. The van der Waals surface area contributed by atoms with E-state index >= 15 is 0 Å². The minimum Gasteiger partial charge on any atom is -0.388 e. The second-order valence-corrected chi connectivity index (χ2v) is 11.1. The molecule has 1 aliphatic carbocycles. The second-order valence-electron chi connectivity index (χ2n) is 8.81. The molecule has 1 saturated carbocycles. The first kappa shape index (κ1) is 22.8. The molecule has 2 aliphatic rings. The summed E-state index contributed by atoms with van der Waals surface area (Å²) in [6.07, 6.45) is -1.78. The van der Waals surface area contributed by atoms with Gasteiger partial charge in [0, 0.05) is 24.4 Å². The van der Waals surface area contributed by atoms with Crippen molar-refractivity contribution >= 4 is 32.6 Å². The quantitative estimate of drug-likeness (QED) is 0.535. The second kappa shape index (κ2) is 8.38. The van der Waals surface area contributed by atoms with Crippen LogP contribution in [0.2, 0.25) is 0 Å². The van der Waals surface area contributed by atoms with Gasteiger partial charge in [-0.3, -0.25) is 0 Å². The smallest absolute Gasteiger partial charge is 0.263 e. The summed E-state index contributed by atoms with van der Waals surface area (Å²) in [4.78, 5) is 10.6. The van der Waals surface area contributed by atoms with Gasteiger partial charge in [0.05, 0.1) is 29.1 Å². The van der Waals surface area contributed by atoms with Crippen LogP contribution in [0, 0.1) is 0 Å². The van der Waals surface area contributed by atoms with Gasteiger partial charge in [0.25, 0.3) is 6.43 Å². The number of fused-ring (bicyclic) bond motifs is 1. The lowest BCUT2D eigenvalue weighted by molar-refractivity contribution is 0.118. The molecule has 13 heteroatoms. The van der Waals surface area contributed by atoms with Gasteiger partial charge in [0.2, 0.25) is 5.95 Å². The Balaban J connectivity index is 1.55. The van der Waals surface area contributed by atoms with E-state index in [-0.39, 0.29) is 30.6 Å². The highest BCUT2D eigenvalue weighted by Gasteiger charge is 2.37. The van der Waals surface area contributed by atoms with Crippen LogP contribution in [0.1, 0.15) is 24.8 Å². The first-order chi connectivity index (χ1) is 16.1. The molecular formula is C21H23F3N6O3S. The van der Waals surface area contributed by atoms with E-state index in [1.807, 2.05) is 0 Å². The summed E-state index contributed by atoms with van der Waals surface area (Å²) < 4.78 is 65.4. The molecule has 2 aromatic heterocycles. The van der Waals surface area contributed by atoms with E-state index in [0.717, 1.165) is 0 Å². The van der Waals surface area contributed by atoms with Crippen LogP contribution in [-0.2, 0) is 9.84 Å². The zero-order valence-corrected chi connectivity index (χ0v) is 19.0. The lowest BCUT2D eigenvalue weighted by atomic mass is 9.92. The van der Waals surface area contributed by atoms with E-state index in [1.165, 1.54) is 35.3 Å². The van der Waals surface area contributed by atoms with Crippen molar-refractivity contribution in [3.63, 3.8) is 0 Å². The molecule has 2 fully saturated rings. The van der Waals surface area contributed by atoms with Gasteiger partial charge in [-0.25, -0.2) is 26.3 Å². The number of aliphatic hydroxyl groups is 1. The van der Waals surface area contributed by atoms with Gasteiger partial charge in [-0.15, -0.1) is 0 Å². The van der Waals surface area contributed by atoms with Gasteiger partial charge >= 0.3 is 0 Å². The Morgan fingerprint density at radius 2 is 1.97 bits per heavy atom. The average Bonchev–Trinajstić information content (AvgIpc) is 3.32. The highest BCUT2D eigenvalue weighted by atomic mass is 32.2. The van der Waals surface area contributed by atoms with Crippen LogP contribution >= 0.6 is 0 Å². The fraction of sp³-hybridized carbons (Fsp3) is 0.476. The molecule has 0 spiro atoms. The maximum absolute atomic E-state index is 14.1. The van der Waals surface area contributed by atoms with Gasteiger partial charge in [-0.1, -0.05) is 12.1 Å². The highest BCUT2D eigenvalue weighted by Crippen LogP contribution is 2.33. The zero-order valence-electron chi connectivity index (χ0n) is 18.1. The van der Waals surface area contributed by atoms with Gasteiger partial charge in [0.15, 0.2) is 5.65 Å². The highest BCUT2D eigenvalue weighted by molar-refractivity contribution is 7.91. The monoisotopic (exact) mass is 496 g/mol. The van der Waals surface area contributed by atoms with E-state index in [4.69, 9.17) is 0 Å². The number of hydrogen-bond acceptors (Lipinski definition) is 8. The Kier molecular flexibility index (Phi) is 5.63. The summed E-state index contributed by atoms with van der Waals surface area (Å²) >= 11 is 0. The number of hydrogen-bond donors (Lipinski definition) is 2. The summed E-state index contributed by atoms with van der Waals surface area (Å²) in [5.41, 5.74) is 0.515. The van der Waals surface area contributed by atoms with Crippen molar-refractivity contribution in [2.75, 3.05) is 29.6 Å². The van der Waals surface area contributed by atoms with Crippen LogP contribution < -0.4 is 10.2 Å². The first-order valence-electron chi connectivity index (χ1n) is 10.8. The first-order valence-corrected chi connectivity index (χ1v) is 12.7. The largest absolute Gasteiger partial charge is 0.388 e. The van der Waals surface area contributed by atoms with Crippen LogP contribution in [-0.4, -0.2) is 76.2 Å². The molecule has 0 bridgehead atoms. The zero-order chi connectivity index (χ0) is 24.2. The number of aromatic nitrogens is 4. The SMILES string of the molecule is CS(=O)(=O)[C@H]1C[C@H](Nc2nc(N3C[C@H](O)[C@@H](F)C3)c3cnn(-c4cccc(C(F)F)c4)c3n2)C1. The Morgan fingerprint density at radius 1 is 1.21 bits per heavy atom. The summed E-state index contributed by atoms with van der Waals surface area (Å²) in [5.74, 6) is 0.532. The van der Waals surface area contributed by atoms with Gasteiger partial charge in [-0.2, -0.15) is 15.1 Å². The van der Waals surface area contributed by atoms with Crippen LogP contribution in [0.4, 0.5) is 24.9 Å². The van der Waals surface area contributed by atoms with E-state index in [1.54, 1.807) is 11.0 Å². The topological polar surface area (TPSA) is 113 Å². The number of anilines is 2. The molecule has 1 aliphatic heterocycles. The number of nitrogens with zero attached hydrogens (tertiary/aromatic N) is 5. The van der Waals surface area contributed by atoms with Crippen molar-refractivity contribution in [3.8, 4) is 5.69 Å². The van der Waals surface area contributed by atoms with Crippen molar-refractivity contribution in [1.82, 2.24) is 19.7 Å². The summed E-state index contributed by atoms with van der Waals surface area (Å²) in [6, 6.07) is 5.57. The maximum atomic E-state index is 14.1. The molecule has 3 heterocycles. The summed E-state index contributed by atoms with van der Waals surface area (Å²) in [5, 5.41) is 17.4. The molecule has 1 aromatic carbocycles. The number of benzene rings is 1. The maximum Gasteiger partial charge on any atom is 0.263 e. The molecule has 182 valence electrons. The van der Waals surface area contributed by atoms with E-state index < -0.39 is 33.8 Å². The molecular weight excluding hydrogens is 473 g/mol. The average molecular weight is 497 g/mol. The van der Waals surface area contributed by atoms with E-state index in [9.17, 15) is 26.7 Å². The molecule has 2 N–H and O–H groups in total. The lowest BCUT2D eigenvalue weighted by Crippen LogP contribution is -2.43. The molecule has 5 rings (SSSR count). The number of rotatable bonds is 6. The van der Waals surface area contributed by atoms with Crippen molar-refractivity contribution in [2.45, 2.75) is 42.8 Å². The third-order valence-corrected chi connectivity index (χ3v) is 7.92. The normalized spacial score (nSPS) is 25.2. The number of β-amino-alcohol motifs (C(OH)–C–C–N with tert-alkyl or cyclic N) is 1. The molecule has 0 amide bonds. The van der Waals surface area contributed by atoms with Crippen molar-refractivity contribution in [2.24, 2.45) is 0 Å². The number of nitrogens with one attached hydrogen (secondary N) is 1. The Labute approximate surface area is 193 Å². The molecule has 1 saturated heterocycles. The Bertz CT molecular complexity index is 1320. The fourth-order valence-electron chi connectivity index (χ4n) is 4.32. The Morgan fingerprint density at radius 3 is 2.62 bits per heavy atom. The van der Waals surface area contributed by atoms with Crippen LogP contribution in [0.25, 0.3) is 16.7 Å². The van der Waals surface area contributed by atoms with Gasteiger partial charge in [-0.05, 0) is 25.0 Å². The van der Waals surface area contributed by atoms with E-state index in [2.05, 4.69) is 20.4 Å². The standard InChI is InChI=1S/C21H23F3N6O3S/c1-34(32,33)14-6-12(7-14)26-21-27-19(29-9-16(22)17(31)10-29)15-8-25-30(20(15)28-21)13-4-2-3-11(5-13)18(23)24/h2-5,8,12,14,16-18,31H,6-7,9-10H2,1H3,(H,26,27,28)/t12-,14-,16-,17-/m0/s1. The number of aliphatic hydroxyl groups excluding tert-OH is 1. The molecule has 0 unspecified atom stereocenters. The fourth-order valence-corrected chi connectivity index (χ4v) is 5.48. The molecule has 0 radical (unpaired) electrons. The summed E-state index contributed by atoms with van der Waals surface area (Å²) in [7, 11) is -3.14. The van der Waals surface area contributed by atoms with Gasteiger partial charge < -0.3 is 15.3 Å². The van der Waals surface area contributed by atoms with Crippen LogP contribution in [0.3, 0.4) is 0 Å². The predicted octanol–water partition coefficient (Wildman–Crippen LogP) is 2.26. The van der Waals surface area contributed by atoms with Crippen LogP contribution in [0.5, 0.6) is 0 Å². The third-order valence-electron chi connectivity index (χ3n) is 6.33. The summed E-state index contributed by atoms with van der Waals surface area (Å²) in [6.45, 7) is -0.0449. The minimum atomic E-state index is -3.14. The molecule has 9 nitrogen and oxygen atoms in total. The molecule has 2 atom stereocenters. The number of sulfone groups is 1. The Hall–Kier alpha value is -2.93.